The van der Waals surface area contributed by atoms with E-state index < -0.39 is 18.1 Å². The maximum atomic E-state index is 12.6. The first kappa shape index (κ1) is 22.6. The molecule has 174 valence electrons. The maximum Gasteiger partial charge on any atom is 0.491 e. The van der Waals surface area contributed by atoms with Gasteiger partial charge in [-0.05, 0) is 37.4 Å². The number of hydrogen-bond acceptors (Lipinski definition) is 7. The van der Waals surface area contributed by atoms with Gasteiger partial charge < -0.3 is 15.0 Å². The number of imidazole rings is 1. The number of aromatic nitrogens is 5. The summed E-state index contributed by atoms with van der Waals surface area (Å²) >= 11 is 0. The van der Waals surface area contributed by atoms with Crippen LogP contribution in [-0.4, -0.2) is 55.9 Å². The van der Waals surface area contributed by atoms with Gasteiger partial charge in [0.1, 0.15) is 0 Å². The van der Waals surface area contributed by atoms with Gasteiger partial charge in [-0.2, -0.15) is 18.3 Å². The second-order valence-electron chi connectivity index (χ2n) is 7.54. The largest absolute Gasteiger partial charge is 0.491 e. The van der Waals surface area contributed by atoms with Crippen LogP contribution in [0.4, 0.5) is 13.2 Å². The van der Waals surface area contributed by atoms with Crippen LogP contribution in [0.1, 0.15) is 33.7 Å². The lowest BCUT2D eigenvalue weighted by molar-refractivity contribution is -0.193. The molecule has 2 N–H and O–H groups in total. The Morgan fingerprint density at radius 1 is 1.18 bits per heavy atom. The van der Waals surface area contributed by atoms with Gasteiger partial charge >= 0.3 is 18.1 Å². The van der Waals surface area contributed by atoms with Crippen molar-refractivity contribution in [3.05, 3.63) is 53.5 Å². The highest BCUT2D eigenvalue weighted by atomic mass is 19.4. The first-order valence-electron chi connectivity index (χ1n) is 10.4. The third-order valence-electron chi connectivity index (χ3n) is 5.31. The fraction of sp³-hybridized carbons (Fsp3) is 0.381. The van der Waals surface area contributed by atoms with Crippen molar-refractivity contribution < 1.29 is 27.5 Å². The summed E-state index contributed by atoms with van der Waals surface area (Å²) in [6, 6.07) is 1.75. The smallest absolute Gasteiger partial charge is 0.381 e. The average molecular weight is 462 g/mol. The molecule has 3 aromatic rings. The normalized spacial score (nSPS) is 12.8. The monoisotopic (exact) mass is 462 g/mol. The summed E-state index contributed by atoms with van der Waals surface area (Å²) in [5.41, 5.74) is 3.54. The summed E-state index contributed by atoms with van der Waals surface area (Å²) in [7, 11) is 0. The van der Waals surface area contributed by atoms with Gasteiger partial charge in [-0.3, -0.25) is 9.67 Å². The highest BCUT2D eigenvalue weighted by Crippen LogP contribution is 2.34. The number of halogens is 3. The topological polar surface area (TPSA) is 115 Å². The van der Waals surface area contributed by atoms with Gasteiger partial charge in [-0.15, -0.1) is 0 Å². The van der Waals surface area contributed by atoms with E-state index in [-0.39, 0.29) is 12.2 Å². The molecule has 4 rings (SSSR count). The van der Waals surface area contributed by atoms with Crippen molar-refractivity contribution >= 4 is 11.9 Å². The molecule has 0 fully saturated rings. The Labute approximate surface area is 186 Å². The molecule has 9 nitrogen and oxygen atoms in total. The van der Waals surface area contributed by atoms with Crippen molar-refractivity contribution in [2.24, 2.45) is 0 Å². The van der Waals surface area contributed by atoms with Crippen LogP contribution in [0.25, 0.3) is 11.3 Å². The molecule has 0 saturated carbocycles. The van der Waals surface area contributed by atoms with Crippen LogP contribution in [0.5, 0.6) is 0 Å². The molecule has 0 unspecified atom stereocenters. The highest BCUT2D eigenvalue weighted by Gasteiger charge is 2.43. The van der Waals surface area contributed by atoms with Crippen LogP contribution in [0.3, 0.4) is 0 Å². The van der Waals surface area contributed by atoms with Crippen LogP contribution in [-0.2, 0) is 35.3 Å². The molecule has 0 aliphatic heterocycles. The molecule has 33 heavy (non-hydrogen) atoms. The van der Waals surface area contributed by atoms with Crippen molar-refractivity contribution in [1.29, 1.82) is 0 Å². The predicted molar refractivity (Wildman–Crippen MR) is 109 cm³/mol. The standard InChI is InChI=1S/C21H21F3N6O3/c22-21(23,24)20(32)33-19(31)18-16-3-2-13-10-26-8-5-15(13)17(16)29-30(18)9-1-6-25-7-4-14-11-27-12-28-14/h5,8,10-12,25H,1-4,6-7,9H2,(H,27,28). The highest BCUT2D eigenvalue weighted by molar-refractivity contribution is 5.99. The van der Waals surface area contributed by atoms with Gasteiger partial charge in [0.15, 0.2) is 5.69 Å². The van der Waals surface area contributed by atoms with E-state index in [1.54, 1.807) is 31.0 Å². The number of aryl methyl sites for hydroxylation is 2. The van der Waals surface area contributed by atoms with E-state index >= 15 is 0 Å². The molecule has 0 saturated heterocycles. The first-order chi connectivity index (χ1) is 15.8. The van der Waals surface area contributed by atoms with Gasteiger partial charge in [-0.25, -0.2) is 14.6 Å². The number of pyridine rings is 1. The minimum Gasteiger partial charge on any atom is -0.381 e. The third-order valence-corrected chi connectivity index (χ3v) is 5.31. The van der Waals surface area contributed by atoms with Crippen molar-refractivity contribution in [2.45, 2.75) is 38.4 Å². The van der Waals surface area contributed by atoms with Gasteiger partial charge in [0.25, 0.3) is 0 Å². The molecular weight excluding hydrogens is 441 g/mol. The lowest BCUT2D eigenvalue weighted by Gasteiger charge is -2.15. The molecular formula is C21H21F3N6O3. The number of hydrogen-bond donors (Lipinski definition) is 2. The minimum atomic E-state index is -5.27. The molecule has 1 aliphatic rings. The number of alkyl halides is 3. The van der Waals surface area contributed by atoms with E-state index in [2.05, 4.69) is 30.1 Å². The first-order valence-corrected chi connectivity index (χ1v) is 10.4. The molecule has 0 bridgehead atoms. The maximum absolute atomic E-state index is 12.6. The summed E-state index contributed by atoms with van der Waals surface area (Å²) in [5, 5.41) is 7.75. The molecule has 0 spiro atoms. The number of rotatable bonds is 8. The summed E-state index contributed by atoms with van der Waals surface area (Å²) < 4.78 is 43.4. The molecule has 1 aliphatic carbocycles. The SMILES string of the molecule is O=C(OC(=O)C(F)(F)F)c1c2c(nn1CCCNCCc1cnc[nH]1)-c1ccncc1CC2. The molecule has 0 amide bonds. The summed E-state index contributed by atoms with van der Waals surface area (Å²) in [5.74, 6) is -3.90. The molecule has 3 heterocycles. The Hall–Kier alpha value is -3.54. The Bertz CT molecular complexity index is 1140. The van der Waals surface area contributed by atoms with E-state index in [0.717, 1.165) is 23.2 Å². The molecule has 12 heteroatoms. The van der Waals surface area contributed by atoms with Gasteiger partial charge in [0.05, 0.1) is 12.0 Å². The van der Waals surface area contributed by atoms with Crippen molar-refractivity contribution in [2.75, 3.05) is 13.1 Å². The predicted octanol–water partition coefficient (Wildman–Crippen LogP) is 2.23. The van der Waals surface area contributed by atoms with Crippen molar-refractivity contribution in [3.8, 4) is 11.3 Å². The lowest BCUT2D eigenvalue weighted by Crippen LogP contribution is -2.29. The van der Waals surface area contributed by atoms with E-state index in [0.29, 0.717) is 43.6 Å². The Morgan fingerprint density at radius 3 is 2.79 bits per heavy atom. The van der Waals surface area contributed by atoms with E-state index in [1.807, 2.05) is 0 Å². The quantitative estimate of drug-likeness (QED) is 0.300. The van der Waals surface area contributed by atoms with E-state index in [4.69, 9.17) is 0 Å². The van der Waals surface area contributed by atoms with Gasteiger partial charge in [0, 0.05) is 54.9 Å². The Morgan fingerprint density at radius 2 is 2.03 bits per heavy atom. The van der Waals surface area contributed by atoms with Crippen LogP contribution in [0.15, 0.2) is 31.0 Å². The fourth-order valence-electron chi connectivity index (χ4n) is 3.77. The van der Waals surface area contributed by atoms with Crippen LogP contribution >= 0.6 is 0 Å². The Kier molecular flexibility index (Phi) is 6.54. The van der Waals surface area contributed by atoms with Gasteiger partial charge in [-0.1, -0.05) is 0 Å². The summed E-state index contributed by atoms with van der Waals surface area (Å²) in [6.45, 7) is 1.55. The zero-order valence-corrected chi connectivity index (χ0v) is 17.5. The van der Waals surface area contributed by atoms with Crippen LogP contribution in [0.2, 0.25) is 0 Å². The number of aromatic amines is 1. The summed E-state index contributed by atoms with van der Waals surface area (Å²) in [4.78, 5) is 34.9. The molecule has 0 atom stereocenters. The number of esters is 2. The number of nitrogens with zero attached hydrogens (tertiary/aromatic N) is 4. The number of fused-ring (bicyclic) bond motifs is 3. The average Bonchev–Trinajstić information content (AvgIpc) is 3.43. The second kappa shape index (κ2) is 9.53. The lowest BCUT2D eigenvalue weighted by atomic mass is 9.90. The Balaban J connectivity index is 1.49. The van der Waals surface area contributed by atoms with E-state index in [1.165, 1.54) is 4.68 Å². The second-order valence-corrected chi connectivity index (χ2v) is 7.54. The zero-order chi connectivity index (χ0) is 23.4. The number of nitrogens with one attached hydrogen (secondary N) is 2. The van der Waals surface area contributed by atoms with E-state index in [9.17, 15) is 22.8 Å². The van der Waals surface area contributed by atoms with Crippen molar-refractivity contribution in [1.82, 2.24) is 30.0 Å². The zero-order valence-electron chi connectivity index (χ0n) is 17.5. The van der Waals surface area contributed by atoms with Crippen LogP contribution < -0.4 is 5.32 Å². The van der Waals surface area contributed by atoms with Crippen molar-refractivity contribution in [3.63, 3.8) is 0 Å². The number of carbonyl (C=O) groups excluding carboxylic acids is 2. The molecule has 0 radical (unpaired) electrons. The molecule has 3 aromatic heterocycles. The van der Waals surface area contributed by atoms with Gasteiger partial charge in [0.2, 0.25) is 0 Å². The number of H-pyrrole nitrogens is 1. The molecule has 0 aromatic carbocycles. The number of ether oxygens (including phenoxy) is 1. The summed E-state index contributed by atoms with van der Waals surface area (Å²) in [6.07, 6.45) is 3.60. The minimum absolute atomic E-state index is 0.123. The number of carbonyl (C=O) groups is 2. The van der Waals surface area contributed by atoms with Crippen LogP contribution in [0, 0.1) is 0 Å². The third kappa shape index (κ3) is 5.11. The fourth-order valence-corrected chi connectivity index (χ4v) is 3.77.